The van der Waals surface area contributed by atoms with E-state index in [1.54, 1.807) is 35.0 Å². The fourth-order valence-electron chi connectivity index (χ4n) is 2.49. The Morgan fingerprint density at radius 1 is 1.04 bits per heavy atom. The van der Waals surface area contributed by atoms with Crippen LogP contribution in [-0.4, -0.2) is 22.9 Å². The molecule has 23 heavy (non-hydrogen) atoms. The van der Waals surface area contributed by atoms with Crippen LogP contribution in [0, 0.1) is 0 Å². The molecule has 2 heterocycles. The van der Waals surface area contributed by atoms with Gasteiger partial charge in [-0.3, -0.25) is 9.36 Å². The third-order valence-corrected chi connectivity index (χ3v) is 4.75. The van der Waals surface area contributed by atoms with Crippen LogP contribution >= 0.6 is 11.6 Å². The number of hydrogen-bond acceptors (Lipinski definition) is 3. The lowest BCUT2D eigenvalue weighted by atomic mass is 9.79. The molecule has 1 fully saturated rings. The minimum Gasteiger partial charge on any atom is -0.399 e. The van der Waals surface area contributed by atoms with Crippen molar-refractivity contribution in [2.24, 2.45) is 0 Å². The molecular formula is C17H19BClNO3. The summed E-state index contributed by atoms with van der Waals surface area (Å²) in [5.74, 6) is 0. The van der Waals surface area contributed by atoms with Crippen molar-refractivity contribution in [3.8, 4) is 5.69 Å². The van der Waals surface area contributed by atoms with E-state index in [2.05, 4.69) is 0 Å². The molecule has 0 spiro atoms. The first-order valence-corrected chi connectivity index (χ1v) is 7.92. The lowest BCUT2D eigenvalue weighted by Gasteiger charge is -2.32. The minimum absolute atomic E-state index is 0.116. The maximum absolute atomic E-state index is 12.0. The molecule has 120 valence electrons. The van der Waals surface area contributed by atoms with Crippen LogP contribution in [-0.2, 0) is 9.31 Å². The Kier molecular flexibility index (Phi) is 3.91. The Morgan fingerprint density at radius 3 is 2.30 bits per heavy atom. The molecule has 1 aliphatic heterocycles. The largest absolute Gasteiger partial charge is 0.494 e. The Hall–Kier alpha value is -1.56. The molecule has 0 radical (unpaired) electrons. The summed E-state index contributed by atoms with van der Waals surface area (Å²) in [6.45, 7) is 8.00. The molecule has 1 aromatic carbocycles. The fraction of sp³-hybridized carbons (Fsp3) is 0.353. The molecular weight excluding hydrogens is 312 g/mol. The highest BCUT2D eigenvalue weighted by molar-refractivity contribution is 6.62. The van der Waals surface area contributed by atoms with Crippen molar-refractivity contribution in [2.45, 2.75) is 38.9 Å². The summed E-state index contributed by atoms with van der Waals surface area (Å²) in [6, 6.07) is 10.4. The zero-order valence-electron chi connectivity index (χ0n) is 13.7. The lowest BCUT2D eigenvalue weighted by Crippen LogP contribution is -2.41. The number of hydrogen-bond donors (Lipinski definition) is 0. The van der Waals surface area contributed by atoms with E-state index >= 15 is 0 Å². The lowest BCUT2D eigenvalue weighted by molar-refractivity contribution is 0.00578. The van der Waals surface area contributed by atoms with Gasteiger partial charge in [0.05, 0.1) is 11.2 Å². The Balaban J connectivity index is 2.03. The van der Waals surface area contributed by atoms with E-state index in [0.717, 1.165) is 5.46 Å². The minimum atomic E-state index is -0.517. The molecule has 4 nitrogen and oxygen atoms in total. The molecule has 0 bridgehead atoms. The molecule has 0 unspecified atom stereocenters. The van der Waals surface area contributed by atoms with Crippen molar-refractivity contribution in [3.05, 3.63) is 58.0 Å². The average Bonchev–Trinajstić information content (AvgIpc) is 2.67. The maximum atomic E-state index is 12.0. The molecule has 1 aromatic heterocycles. The van der Waals surface area contributed by atoms with Crippen molar-refractivity contribution >= 4 is 24.2 Å². The molecule has 0 saturated carbocycles. The summed E-state index contributed by atoms with van der Waals surface area (Å²) in [4.78, 5) is 12.0. The van der Waals surface area contributed by atoms with Crippen LogP contribution in [0.2, 0.25) is 5.02 Å². The second kappa shape index (κ2) is 5.51. The first-order chi connectivity index (χ1) is 10.7. The summed E-state index contributed by atoms with van der Waals surface area (Å²) < 4.78 is 13.7. The first-order valence-electron chi connectivity index (χ1n) is 7.54. The van der Waals surface area contributed by atoms with Gasteiger partial charge in [0, 0.05) is 23.0 Å². The quantitative estimate of drug-likeness (QED) is 0.795. The van der Waals surface area contributed by atoms with Gasteiger partial charge in [-0.25, -0.2) is 0 Å². The van der Waals surface area contributed by atoms with Crippen LogP contribution in [0.1, 0.15) is 27.7 Å². The molecule has 1 aliphatic rings. The highest BCUT2D eigenvalue weighted by Gasteiger charge is 2.51. The van der Waals surface area contributed by atoms with Crippen LogP contribution in [0.25, 0.3) is 5.69 Å². The summed E-state index contributed by atoms with van der Waals surface area (Å²) in [5.41, 5.74) is 0.511. The highest BCUT2D eigenvalue weighted by atomic mass is 35.5. The number of aromatic nitrogens is 1. The topological polar surface area (TPSA) is 40.5 Å². The second-order valence-electron chi connectivity index (χ2n) is 6.74. The first kappa shape index (κ1) is 16.3. The molecule has 0 N–H and O–H groups in total. The van der Waals surface area contributed by atoms with E-state index < -0.39 is 18.3 Å². The number of nitrogens with zero attached hydrogens (tertiary/aromatic N) is 1. The summed E-state index contributed by atoms with van der Waals surface area (Å²) in [6.07, 6.45) is 1.71. The predicted octanol–water partition coefficient (Wildman–Crippen LogP) is 2.79. The van der Waals surface area contributed by atoms with Gasteiger partial charge in [0.2, 0.25) is 0 Å². The molecule has 0 amide bonds. The van der Waals surface area contributed by atoms with Crippen LogP contribution in [0.3, 0.4) is 0 Å². The van der Waals surface area contributed by atoms with E-state index in [0.29, 0.717) is 10.7 Å². The number of halogens is 1. The van der Waals surface area contributed by atoms with Crippen LogP contribution in [0.5, 0.6) is 0 Å². The van der Waals surface area contributed by atoms with Gasteiger partial charge < -0.3 is 9.31 Å². The van der Waals surface area contributed by atoms with Gasteiger partial charge in [-0.15, -0.1) is 0 Å². The molecule has 6 heteroatoms. The van der Waals surface area contributed by atoms with E-state index in [1.807, 2.05) is 33.8 Å². The molecule has 3 rings (SSSR count). The Labute approximate surface area is 141 Å². The van der Waals surface area contributed by atoms with Gasteiger partial charge in [-0.2, -0.15) is 0 Å². The van der Waals surface area contributed by atoms with Crippen LogP contribution in [0.15, 0.2) is 47.4 Å². The van der Waals surface area contributed by atoms with Crippen LogP contribution < -0.4 is 11.0 Å². The van der Waals surface area contributed by atoms with Crippen LogP contribution in [0.4, 0.5) is 0 Å². The Morgan fingerprint density at radius 2 is 1.70 bits per heavy atom. The van der Waals surface area contributed by atoms with E-state index in [1.165, 1.54) is 6.07 Å². The predicted molar refractivity (Wildman–Crippen MR) is 92.8 cm³/mol. The second-order valence-corrected chi connectivity index (χ2v) is 7.18. The summed E-state index contributed by atoms with van der Waals surface area (Å²) in [7, 11) is -0.517. The third kappa shape index (κ3) is 2.96. The van der Waals surface area contributed by atoms with E-state index in [-0.39, 0.29) is 5.56 Å². The van der Waals surface area contributed by atoms with Crippen molar-refractivity contribution in [3.63, 3.8) is 0 Å². The maximum Gasteiger partial charge on any atom is 0.494 e. The molecule has 0 atom stereocenters. The Bertz CT molecular complexity index is 784. The molecule has 0 aliphatic carbocycles. The van der Waals surface area contributed by atoms with Gasteiger partial charge in [0.1, 0.15) is 0 Å². The monoisotopic (exact) mass is 331 g/mol. The number of pyridine rings is 1. The molecule has 1 saturated heterocycles. The zero-order chi connectivity index (χ0) is 16.8. The SMILES string of the molecule is CC1(C)OB(c2cc(Cl)cc(-n3ccccc3=O)c2)OC1(C)C. The van der Waals surface area contributed by atoms with Crippen molar-refractivity contribution in [2.75, 3.05) is 0 Å². The van der Waals surface area contributed by atoms with Crippen molar-refractivity contribution in [1.29, 1.82) is 0 Å². The van der Waals surface area contributed by atoms with E-state index in [4.69, 9.17) is 20.9 Å². The van der Waals surface area contributed by atoms with Crippen molar-refractivity contribution < 1.29 is 9.31 Å². The van der Waals surface area contributed by atoms with Gasteiger partial charge in [0.15, 0.2) is 0 Å². The summed E-state index contributed by atoms with van der Waals surface area (Å²) in [5, 5.41) is 0.531. The smallest absolute Gasteiger partial charge is 0.399 e. The van der Waals surface area contributed by atoms with E-state index in [9.17, 15) is 4.79 Å². The normalized spacial score (nSPS) is 19.1. The standard InChI is InChI=1S/C17H19BClNO3/c1-16(2)17(3,4)23-18(22-16)12-9-13(19)11-14(10-12)20-8-6-5-7-15(20)21/h5-11H,1-4H3. The van der Waals surface area contributed by atoms with Gasteiger partial charge in [-0.05, 0) is 57.4 Å². The third-order valence-electron chi connectivity index (χ3n) is 4.53. The van der Waals surface area contributed by atoms with Gasteiger partial charge >= 0.3 is 7.12 Å². The fourth-order valence-corrected chi connectivity index (χ4v) is 2.73. The number of benzene rings is 1. The summed E-state index contributed by atoms with van der Waals surface area (Å²) >= 11 is 6.25. The van der Waals surface area contributed by atoms with Gasteiger partial charge in [0.25, 0.3) is 5.56 Å². The molecule has 2 aromatic rings. The number of rotatable bonds is 2. The highest BCUT2D eigenvalue weighted by Crippen LogP contribution is 2.36. The zero-order valence-corrected chi connectivity index (χ0v) is 14.4. The van der Waals surface area contributed by atoms with Crippen molar-refractivity contribution in [1.82, 2.24) is 4.57 Å². The van der Waals surface area contributed by atoms with Gasteiger partial charge in [-0.1, -0.05) is 17.7 Å². The average molecular weight is 332 g/mol.